The first-order valence-corrected chi connectivity index (χ1v) is 9.79. The summed E-state index contributed by atoms with van der Waals surface area (Å²) in [6, 6.07) is 13.1. The first kappa shape index (κ1) is 25.7. The molecule has 33 heavy (non-hydrogen) atoms. The summed E-state index contributed by atoms with van der Waals surface area (Å²) < 4.78 is 25.1. The van der Waals surface area contributed by atoms with Crippen molar-refractivity contribution >= 4 is 41.4 Å². The van der Waals surface area contributed by atoms with Crippen LogP contribution < -0.4 is 26.3 Å². The second-order valence-corrected chi connectivity index (χ2v) is 6.77. The molecule has 2 aromatic carbocycles. The Labute approximate surface area is 208 Å². The monoisotopic (exact) mass is 565 g/mol. The van der Waals surface area contributed by atoms with E-state index in [0.29, 0.717) is 53.5 Å². The number of aryl methyl sites for hydroxylation is 1. The molecule has 0 bridgehead atoms. The van der Waals surface area contributed by atoms with Crippen LogP contribution in [0.5, 0.6) is 11.5 Å². The maximum absolute atomic E-state index is 13.2. The average Bonchev–Trinajstić information content (AvgIpc) is 3.12. The van der Waals surface area contributed by atoms with Crippen molar-refractivity contribution in [2.75, 3.05) is 31.8 Å². The summed E-state index contributed by atoms with van der Waals surface area (Å²) in [5.74, 6) is 1.28. The predicted octanol–water partition coefficient (Wildman–Crippen LogP) is 3.46. The molecule has 0 spiro atoms. The molecule has 9 nitrogen and oxygen atoms in total. The summed E-state index contributed by atoms with van der Waals surface area (Å²) in [6.45, 7) is 0.417. The number of nitriles is 1. The van der Waals surface area contributed by atoms with E-state index < -0.39 is 0 Å². The molecule has 0 unspecified atom stereocenters. The maximum atomic E-state index is 13.2. The van der Waals surface area contributed by atoms with Crippen molar-refractivity contribution in [3.8, 4) is 23.3 Å². The van der Waals surface area contributed by atoms with Gasteiger partial charge in [0.25, 0.3) is 0 Å². The van der Waals surface area contributed by atoms with E-state index in [-0.39, 0.29) is 41.6 Å². The van der Waals surface area contributed by atoms with Gasteiger partial charge in [-0.3, -0.25) is 4.99 Å². The molecule has 0 aliphatic rings. The third-order valence-corrected chi connectivity index (χ3v) is 4.69. The lowest BCUT2D eigenvalue weighted by Gasteiger charge is -2.10. The van der Waals surface area contributed by atoms with Crippen LogP contribution in [-0.4, -0.2) is 36.5 Å². The van der Waals surface area contributed by atoms with E-state index in [4.69, 9.17) is 20.9 Å². The van der Waals surface area contributed by atoms with E-state index in [1.165, 1.54) is 16.8 Å². The molecule has 1 aromatic heterocycles. The topological polar surface area (TPSA) is 136 Å². The van der Waals surface area contributed by atoms with E-state index in [1.807, 2.05) is 0 Å². The number of anilines is 2. The fourth-order valence-electron chi connectivity index (χ4n) is 3.10. The van der Waals surface area contributed by atoms with E-state index in [2.05, 4.69) is 21.5 Å². The Morgan fingerprint density at radius 1 is 1.18 bits per heavy atom. The van der Waals surface area contributed by atoms with Gasteiger partial charge in [-0.15, -0.1) is 24.0 Å². The van der Waals surface area contributed by atoms with Crippen LogP contribution in [0.1, 0.15) is 17.7 Å². The Hall–Kier alpha value is -3.53. The van der Waals surface area contributed by atoms with Crippen molar-refractivity contribution in [1.29, 1.82) is 5.26 Å². The number of aromatic nitrogens is 2. The predicted molar refractivity (Wildman–Crippen MR) is 136 cm³/mol. The molecule has 3 aromatic rings. The van der Waals surface area contributed by atoms with Gasteiger partial charge in [0.2, 0.25) is 0 Å². The number of nitrogens with zero attached hydrogens (tertiary/aromatic N) is 4. The van der Waals surface area contributed by atoms with Crippen molar-refractivity contribution in [1.82, 2.24) is 9.78 Å². The van der Waals surface area contributed by atoms with Gasteiger partial charge in [-0.1, -0.05) is 0 Å². The van der Waals surface area contributed by atoms with Crippen LogP contribution >= 0.6 is 24.0 Å². The lowest BCUT2D eigenvalue weighted by atomic mass is 10.1. The number of guanidine groups is 1. The first-order chi connectivity index (χ1) is 15.5. The van der Waals surface area contributed by atoms with Gasteiger partial charge in [0.05, 0.1) is 25.6 Å². The fourth-order valence-corrected chi connectivity index (χ4v) is 3.10. The van der Waals surface area contributed by atoms with Gasteiger partial charge < -0.3 is 26.3 Å². The smallest absolute Gasteiger partial charge is 0.193 e. The van der Waals surface area contributed by atoms with Gasteiger partial charge in [-0.2, -0.15) is 10.4 Å². The van der Waals surface area contributed by atoms with Crippen LogP contribution in [0.2, 0.25) is 0 Å². The van der Waals surface area contributed by atoms with Crippen LogP contribution in [0.25, 0.3) is 5.69 Å². The lowest BCUT2D eigenvalue weighted by Crippen LogP contribution is -2.23. The summed E-state index contributed by atoms with van der Waals surface area (Å²) in [7, 11) is 3.12. The Morgan fingerprint density at radius 3 is 2.52 bits per heavy atom. The highest BCUT2D eigenvalue weighted by atomic mass is 127. The third-order valence-electron chi connectivity index (χ3n) is 4.69. The molecule has 11 heteroatoms. The second-order valence-electron chi connectivity index (χ2n) is 6.77. The Kier molecular flexibility index (Phi) is 9.29. The number of nitrogen functional groups attached to an aromatic ring is 1. The highest BCUT2D eigenvalue weighted by Crippen LogP contribution is 2.29. The molecule has 3 rings (SSSR count). The summed E-state index contributed by atoms with van der Waals surface area (Å²) in [5, 5.41) is 16.9. The number of halogens is 2. The van der Waals surface area contributed by atoms with Crippen LogP contribution in [-0.2, 0) is 6.42 Å². The minimum absolute atomic E-state index is 0. The standard InChI is InChI=1S/C22H24FN7O2.HI/c1-31-19-10-7-15(12-20(19)32-2)28-22(26)27-11-3-4-18-17(13-24)21(25)30(29-18)16-8-5-14(23)6-9-16;/h5-10,12H,3-4,11,25H2,1-2H3,(H3,26,27,28);1H. The van der Waals surface area contributed by atoms with Gasteiger partial charge >= 0.3 is 0 Å². The van der Waals surface area contributed by atoms with Gasteiger partial charge in [-0.25, -0.2) is 9.07 Å². The molecular weight excluding hydrogens is 540 g/mol. The largest absolute Gasteiger partial charge is 0.493 e. The highest BCUT2D eigenvalue weighted by molar-refractivity contribution is 14.0. The van der Waals surface area contributed by atoms with Gasteiger partial charge in [0.15, 0.2) is 17.5 Å². The highest BCUT2D eigenvalue weighted by Gasteiger charge is 2.16. The van der Waals surface area contributed by atoms with E-state index in [9.17, 15) is 9.65 Å². The number of rotatable bonds is 8. The van der Waals surface area contributed by atoms with Crippen LogP contribution in [0.15, 0.2) is 47.5 Å². The molecule has 0 saturated carbocycles. The molecule has 0 radical (unpaired) electrons. The number of hydrogen-bond acceptors (Lipinski definition) is 6. The quantitative estimate of drug-likeness (QED) is 0.165. The normalized spacial score (nSPS) is 10.8. The second kappa shape index (κ2) is 11.9. The minimum Gasteiger partial charge on any atom is -0.493 e. The van der Waals surface area contributed by atoms with Crippen LogP contribution in [0, 0.1) is 17.1 Å². The molecule has 0 fully saturated rings. The summed E-state index contributed by atoms with van der Waals surface area (Å²) in [6.07, 6.45) is 1.08. The van der Waals surface area contributed by atoms with Crippen molar-refractivity contribution < 1.29 is 13.9 Å². The van der Waals surface area contributed by atoms with Gasteiger partial charge in [-0.05, 0) is 49.2 Å². The fraction of sp³-hybridized carbons (Fsp3) is 0.227. The minimum atomic E-state index is -0.364. The SMILES string of the molecule is COc1ccc(NC(N)=NCCCc2nn(-c3ccc(F)cc3)c(N)c2C#N)cc1OC.I. The maximum Gasteiger partial charge on any atom is 0.193 e. The molecule has 0 atom stereocenters. The van der Waals surface area contributed by atoms with Crippen molar-refractivity contribution in [3.05, 3.63) is 59.5 Å². The van der Waals surface area contributed by atoms with Crippen LogP contribution in [0.3, 0.4) is 0 Å². The molecule has 0 aliphatic heterocycles. The third kappa shape index (κ3) is 6.26. The van der Waals surface area contributed by atoms with Crippen molar-refractivity contribution in [3.63, 3.8) is 0 Å². The molecule has 5 N–H and O–H groups in total. The van der Waals surface area contributed by atoms with Crippen molar-refractivity contribution in [2.45, 2.75) is 12.8 Å². The number of aliphatic imine (C=N–C) groups is 1. The zero-order valence-electron chi connectivity index (χ0n) is 18.2. The molecule has 174 valence electrons. The van der Waals surface area contributed by atoms with Crippen LogP contribution in [0.4, 0.5) is 15.9 Å². The van der Waals surface area contributed by atoms with E-state index in [1.54, 1.807) is 44.6 Å². The molecule has 0 aliphatic carbocycles. The molecular formula is C22H25FIN7O2. The Bertz CT molecular complexity index is 1160. The Balaban J connectivity index is 0.00000385. The zero-order valence-corrected chi connectivity index (χ0v) is 20.5. The van der Waals surface area contributed by atoms with Crippen molar-refractivity contribution in [2.24, 2.45) is 10.7 Å². The first-order valence-electron chi connectivity index (χ1n) is 9.79. The molecule has 1 heterocycles. The number of ether oxygens (including phenoxy) is 2. The summed E-state index contributed by atoms with van der Waals surface area (Å²) >= 11 is 0. The van der Waals surface area contributed by atoms with Gasteiger partial charge in [0.1, 0.15) is 23.3 Å². The number of benzene rings is 2. The zero-order chi connectivity index (χ0) is 23.1. The van der Waals surface area contributed by atoms with E-state index >= 15 is 0 Å². The number of hydrogen-bond donors (Lipinski definition) is 3. The summed E-state index contributed by atoms with van der Waals surface area (Å²) in [5.41, 5.74) is 14.2. The van der Waals surface area contributed by atoms with E-state index in [0.717, 1.165) is 0 Å². The number of nitrogens with two attached hydrogens (primary N) is 2. The number of methoxy groups -OCH3 is 2. The summed E-state index contributed by atoms with van der Waals surface area (Å²) in [4.78, 5) is 4.31. The number of nitrogens with one attached hydrogen (secondary N) is 1. The Morgan fingerprint density at radius 2 is 1.88 bits per heavy atom. The van der Waals surface area contributed by atoms with Gasteiger partial charge in [0, 0.05) is 18.3 Å². The molecule has 0 saturated heterocycles. The average molecular weight is 565 g/mol. The molecule has 0 amide bonds. The lowest BCUT2D eigenvalue weighted by molar-refractivity contribution is 0.355.